The molecule has 0 radical (unpaired) electrons. The highest BCUT2D eigenvalue weighted by Crippen LogP contribution is 2.44. The standard InChI is InChI=1S/C29H28FN3O2S/c1-2-35-22-15-13-21(14-16-22)31-29(34)33-18-24-23-6-3-4-8-26(23)36-28(24)32-17-5-7-25(32)27(33)19-9-11-20(30)12-10-19/h5,7,9-17,27H,2-4,6,8,18H2,1H3,(H,31,34)/t27-/m0/s1. The van der Waals surface area contributed by atoms with Crippen molar-refractivity contribution in [2.24, 2.45) is 0 Å². The van der Waals surface area contributed by atoms with Crippen LogP contribution in [0.5, 0.6) is 5.75 Å². The summed E-state index contributed by atoms with van der Waals surface area (Å²) in [4.78, 5) is 17.3. The van der Waals surface area contributed by atoms with Crippen LogP contribution < -0.4 is 10.1 Å². The lowest BCUT2D eigenvalue weighted by Crippen LogP contribution is -2.38. The number of amides is 2. The van der Waals surface area contributed by atoms with Crippen LogP contribution >= 0.6 is 11.3 Å². The molecule has 6 rings (SSSR count). The number of aryl methyl sites for hydroxylation is 1. The Morgan fingerprint density at radius 3 is 2.61 bits per heavy atom. The van der Waals surface area contributed by atoms with Crippen molar-refractivity contribution in [2.75, 3.05) is 11.9 Å². The van der Waals surface area contributed by atoms with E-state index in [2.05, 4.69) is 22.1 Å². The van der Waals surface area contributed by atoms with Gasteiger partial charge in [0.1, 0.15) is 16.6 Å². The number of benzene rings is 2. The van der Waals surface area contributed by atoms with Gasteiger partial charge in [0.15, 0.2) is 0 Å². The van der Waals surface area contributed by atoms with Gasteiger partial charge in [-0.25, -0.2) is 9.18 Å². The van der Waals surface area contributed by atoms with Crippen LogP contribution in [0.1, 0.15) is 53.1 Å². The average Bonchev–Trinajstić information content (AvgIpc) is 3.48. The Bertz CT molecular complexity index is 1390. The number of anilines is 1. The van der Waals surface area contributed by atoms with Crippen molar-refractivity contribution in [3.63, 3.8) is 0 Å². The van der Waals surface area contributed by atoms with Gasteiger partial charge in [0.2, 0.25) is 0 Å². The van der Waals surface area contributed by atoms with E-state index in [4.69, 9.17) is 4.74 Å². The molecule has 1 aliphatic heterocycles. The second-order valence-corrected chi connectivity index (χ2v) is 10.4. The fraction of sp³-hybridized carbons (Fsp3) is 0.276. The van der Waals surface area contributed by atoms with Gasteiger partial charge >= 0.3 is 6.03 Å². The predicted octanol–water partition coefficient (Wildman–Crippen LogP) is 7.09. The Balaban J connectivity index is 1.43. The van der Waals surface area contributed by atoms with Gasteiger partial charge in [-0.05, 0) is 92.3 Å². The summed E-state index contributed by atoms with van der Waals surface area (Å²) in [6, 6.07) is 17.5. The van der Waals surface area contributed by atoms with Gasteiger partial charge in [-0.15, -0.1) is 11.3 Å². The normalized spacial score (nSPS) is 16.5. The molecule has 0 bridgehead atoms. The van der Waals surface area contributed by atoms with Gasteiger partial charge in [-0.3, -0.25) is 0 Å². The Morgan fingerprint density at radius 1 is 1.06 bits per heavy atom. The van der Waals surface area contributed by atoms with E-state index >= 15 is 0 Å². The summed E-state index contributed by atoms with van der Waals surface area (Å²) in [6.45, 7) is 3.03. The zero-order valence-corrected chi connectivity index (χ0v) is 21.0. The minimum absolute atomic E-state index is 0.190. The van der Waals surface area contributed by atoms with Crippen LogP contribution in [-0.2, 0) is 19.4 Å². The van der Waals surface area contributed by atoms with Gasteiger partial charge in [-0.1, -0.05) is 12.1 Å². The lowest BCUT2D eigenvalue weighted by molar-refractivity contribution is 0.194. The van der Waals surface area contributed by atoms with Gasteiger partial charge in [-0.2, -0.15) is 0 Å². The third-order valence-electron chi connectivity index (χ3n) is 7.04. The molecule has 0 saturated carbocycles. The highest BCUT2D eigenvalue weighted by molar-refractivity contribution is 7.15. The molecule has 1 aliphatic carbocycles. The number of fused-ring (bicyclic) bond motifs is 5. The van der Waals surface area contributed by atoms with Crippen LogP contribution in [0.4, 0.5) is 14.9 Å². The molecule has 1 atom stereocenters. The lowest BCUT2D eigenvalue weighted by atomic mass is 9.95. The van der Waals surface area contributed by atoms with Crippen molar-refractivity contribution in [3.05, 3.63) is 99.9 Å². The molecule has 5 nitrogen and oxygen atoms in total. The number of urea groups is 1. The van der Waals surface area contributed by atoms with Crippen LogP contribution in [0.3, 0.4) is 0 Å². The van der Waals surface area contributed by atoms with Crippen molar-refractivity contribution in [3.8, 4) is 10.8 Å². The smallest absolute Gasteiger partial charge is 0.322 e. The molecule has 2 aromatic carbocycles. The minimum Gasteiger partial charge on any atom is -0.494 e. The Morgan fingerprint density at radius 2 is 1.83 bits per heavy atom. The SMILES string of the molecule is CCOc1ccc(NC(=O)N2Cc3c(sc4c3CCCC4)-n3cccc3[C@@H]2c2ccc(F)cc2)cc1. The Kier molecular flexibility index (Phi) is 6.01. The maximum Gasteiger partial charge on any atom is 0.322 e. The van der Waals surface area contributed by atoms with Gasteiger partial charge in [0.25, 0.3) is 0 Å². The largest absolute Gasteiger partial charge is 0.494 e. The zero-order chi connectivity index (χ0) is 24.6. The second-order valence-electron chi connectivity index (χ2n) is 9.27. The van der Waals surface area contributed by atoms with E-state index in [1.165, 1.54) is 46.0 Å². The van der Waals surface area contributed by atoms with Crippen molar-refractivity contribution in [1.29, 1.82) is 0 Å². The van der Waals surface area contributed by atoms with Crippen LogP contribution in [0, 0.1) is 5.82 Å². The summed E-state index contributed by atoms with van der Waals surface area (Å²) in [5.41, 5.74) is 5.22. The minimum atomic E-state index is -0.359. The first-order valence-electron chi connectivity index (χ1n) is 12.5. The lowest BCUT2D eigenvalue weighted by Gasteiger charge is -2.31. The first-order valence-corrected chi connectivity index (χ1v) is 13.3. The van der Waals surface area contributed by atoms with E-state index in [0.29, 0.717) is 18.8 Å². The molecule has 184 valence electrons. The number of ether oxygens (including phenoxy) is 1. The summed E-state index contributed by atoms with van der Waals surface area (Å²) >= 11 is 1.85. The van der Waals surface area contributed by atoms with E-state index in [1.807, 2.05) is 53.5 Å². The number of rotatable bonds is 4. The maximum absolute atomic E-state index is 13.9. The topological polar surface area (TPSA) is 46.5 Å². The molecule has 4 aromatic rings. The number of hydrogen-bond acceptors (Lipinski definition) is 3. The van der Waals surface area contributed by atoms with E-state index in [9.17, 15) is 9.18 Å². The van der Waals surface area contributed by atoms with Crippen molar-refractivity contribution in [2.45, 2.75) is 45.2 Å². The maximum atomic E-state index is 13.9. The monoisotopic (exact) mass is 501 g/mol. The third kappa shape index (κ3) is 4.07. The fourth-order valence-electron chi connectivity index (χ4n) is 5.38. The third-order valence-corrected chi connectivity index (χ3v) is 8.38. The van der Waals surface area contributed by atoms with Gasteiger partial charge in [0, 0.05) is 22.3 Å². The number of halogens is 1. The molecule has 1 N–H and O–H groups in total. The van der Waals surface area contributed by atoms with Crippen LogP contribution in [-0.4, -0.2) is 22.1 Å². The van der Waals surface area contributed by atoms with Crippen molar-refractivity contribution in [1.82, 2.24) is 9.47 Å². The quantitative estimate of drug-likeness (QED) is 0.324. The van der Waals surface area contributed by atoms with Crippen molar-refractivity contribution < 1.29 is 13.9 Å². The second kappa shape index (κ2) is 9.47. The average molecular weight is 502 g/mol. The molecule has 0 unspecified atom stereocenters. The number of thiophene rings is 1. The van der Waals surface area contributed by atoms with E-state index in [0.717, 1.165) is 29.8 Å². The molecule has 0 spiro atoms. The van der Waals surface area contributed by atoms with Crippen LogP contribution in [0.2, 0.25) is 0 Å². The van der Waals surface area contributed by atoms with Crippen LogP contribution in [0.15, 0.2) is 66.9 Å². The molecule has 0 fully saturated rings. The number of hydrogen-bond donors (Lipinski definition) is 1. The van der Waals surface area contributed by atoms with Crippen molar-refractivity contribution >= 4 is 23.1 Å². The Labute approximate surface area is 214 Å². The fourth-order valence-corrected chi connectivity index (χ4v) is 6.78. The van der Waals surface area contributed by atoms with E-state index in [-0.39, 0.29) is 17.9 Å². The zero-order valence-electron chi connectivity index (χ0n) is 20.2. The predicted molar refractivity (Wildman–Crippen MR) is 141 cm³/mol. The summed E-state index contributed by atoms with van der Waals surface area (Å²) < 4.78 is 21.6. The number of aromatic nitrogens is 1. The van der Waals surface area contributed by atoms with Crippen LogP contribution in [0.25, 0.3) is 5.00 Å². The van der Waals surface area contributed by atoms with E-state index < -0.39 is 0 Å². The number of nitrogens with zero attached hydrogens (tertiary/aromatic N) is 2. The molecule has 2 aliphatic rings. The Hall–Kier alpha value is -3.58. The summed E-state index contributed by atoms with van der Waals surface area (Å²) in [5.74, 6) is 0.475. The first kappa shape index (κ1) is 22.9. The molecule has 3 heterocycles. The van der Waals surface area contributed by atoms with Gasteiger partial charge < -0.3 is 19.5 Å². The molecule has 7 heteroatoms. The van der Waals surface area contributed by atoms with E-state index in [1.54, 1.807) is 12.1 Å². The highest BCUT2D eigenvalue weighted by atomic mass is 32.1. The number of carbonyl (C=O) groups excluding carboxylic acids is 1. The summed E-state index contributed by atoms with van der Waals surface area (Å²) in [7, 11) is 0. The number of carbonyl (C=O) groups is 1. The first-order chi connectivity index (χ1) is 17.6. The molecular weight excluding hydrogens is 473 g/mol. The molecule has 2 amide bonds. The highest BCUT2D eigenvalue weighted by Gasteiger charge is 2.36. The molecule has 36 heavy (non-hydrogen) atoms. The van der Waals surface area contributed by atoms with Gasteiger partial charge in [0.05, 0.1) is 24.9 Å². The number of nitrogens with one attached hydrogen (secondary N) is 1. The molecular formula is C29H28FN3O2S. The molecule has 2 aromatic heterocycles. The molecule has 0 saturated heterocycles. The summed E-state index contributed by atoms with van der Waals surface area (Å²) in [6.07, 6.45) is 6.62. The summed E-state index contributed by atoms with van der Waals surface area (Å²) in [5, 5.41) is 4.30.